The Balaban J connectivity index is 1.87. The number of carboxylic acid groups (broad SMARTS) is 1. The molecule has 18 heavy (non-hydrogen) atoms. The summed E-state index contributed by atoms with van der Waals surface area (Å²) in [4.78, 5) is 24.8. The van der Waals surface area contributed by atoms with Crippen LogP contribution >= 0.6 is 0 Å². The number of likely N-dealkylation sites (tertiary alicyclic amines) is 1. The third-order valence-electron chi connectivity index (χ3n) is 3.80. The third-order valence-corrected chi connectivity index (χ3v) is 3.80. The quantitative estimate of drug-likeness (QED) is 0.821. The molecule has 2 aliphatic rings. The monoisotopic (exact) mass is 255 g/mol. The summed E-state index contributed by atoms with van der Waals surface area (Å²) in [5, 5.41) is 8.82. The molecule has 2 saturated heterocycles. The number of hydrogen-bond acceptors (Lipinski definition) is 3. The number of amides is 1. The van der Waals surface area contributed by atoms with E-state index in [0.717, 1.165) is 38.8 Å². The Labute approximate surface area is 107 Å². The lowest BCUT2D eigenvalue weighted by atomic mass is 9.93. The van der Waals surface area contributed by atoms with Gasteiger partial charge < -0.3 is 14.7 Å². The van der Waals surface area contributed by atoms with Crippen molar-refractivity contribution < 1.29 is 19.4 Å². The van der Waals surface area contributed by atoms with E-state index < -0.39 is 5.97 Å². The average Bonchev–Trinajstić information content (AvgIpc) is 2.38. The second kappa shape index (κ2) is 6.18. The maximum Gasteiger partial charge on any atom is 0.303 e. The van der Waals surface area contributed by atoms with Crippen molar-refractivity contribution in [1.29, 1.82) is 0 Å². The molecule has 2 rings (SSSR count). The second-order valence-corrected chi connectivity index (χ2v) is 5.30. The van der Waals surface area contributed by atoms with E-state index in [1.165, 1.54) is 0 Å². The maximum absolute atomic E-state index is 12.3. The van der Waals surface area contributed by atoms with Crippen LogP contribution in [-0.4, -0.2) is 48.2 Å². The highest BCUT2D eigenvalue weighted by atomic mass is 16.5. The van der Waals surface area contributed by atoms with Crippen molar-refractivity contribution in [3.8, 4) is 0 Å². The molecular weight excluding hydrogens is 234 g/mol. The summed E-state index contributed by atoms with van der Waals surface area (Å²) in [5.74, 6) is -0.507. The predicted molar refractivity (Wildman–Crippen MR) is 65.1 cm³/mol. The highest BCUT2D eigenvalue weighted by molar-refractivity contribution is 5.79. The van der Waals surface area contributed by atoms with Crippen LogP contribution in [0.3, 0.4) is 0 Å². The zero-order valence-electron chi connectivity index (χ0n) is 10.6. The minimum atomic E-state index is -0.768. The van der Waals surface area contributed by atoms with E-state index in [1.807, 2.05) is 4.90 Å². The molecule has 2 heterocycles. The van der Waals surface area contributed by atoms with Crippen LogP contribution in [0.25, 0.3) is 0 Å². The Hall–Kier alpha value is -1.10. The number of piperidine rings is 1. The smallest absolute Gasteiger partial charge is 0.303 e. The number of rotatable bonds is 3. The van der Waals surface area contributed by atoms with Crippen molar-refractivity contribution in [2.24, 2.45) is 11.8 Å². The van der Waals surface area contributed by atoms with Crippen molar-refractivity contribution in [3.05, 3.63) is 0 Å². The standard InChI is InChI=1S/C13H21NO4/c15-12(16)7-10-3-1-5-14(8-10)13(17)11-4-2-6-18-9-11/h10-11H,1-9H2,(H,15,16). The summed E-state index contributed by atoms with van der Waals surface area (Å²) >= 11 is 0. The highest BCUT2D eigenvalue weighted by Gasteiger charge is 2.30. The number of carboxylic acids is 1. The van der Waals surface area contributed by atoms with E-state index in [9.17, 15) is 9.59 Å². The van der Waals surface area contributed by atoms with Crippen LogP contribution < -0.4 is 0 Å². The maximum atomic E-state index is 12.3. The molecule has 2 fully saturated rings. The van der Waals surface area contributed by atoms with Gasteiger partial charge in [0, 0.05) is 26.1 Å². The first-order chi connectivity index (χ1) is 8.66. The molecule has 1 amide bonds. The van der Waals surface area contributed by atoms with Gasteiger partial charge in [0.25, 0.3) is 0 Å². The zero-order valence-corrected chi connectivity index (χ0v) is 10.6. The van der Waals surface area contributed by atoms with E-state index >= 15 is 0 Å². The number of hydrogen-bond donors (Lipinski definition) is 1. The molecule has 2 atom stereocenters. The van der Waals surface area contributed by atoms with Gasteiger partial charge in [0.1, 0.15) is 0 Å². The summed E-state index contributed by atoms with van der Waals surface area (Å²) < 4.78 is 5.34. The lowest BCUT2D eigenvalue weighted by molar-refractivity contribution is -0.144. The summed E-state index contributed by atoms with van der Waals surface area (Å²) in [6.45, 7) is 2.65. The molecule has 0 bridgehead atoms. The predicted octanol–water partition coefficient (Wildman–Crippen LogP) is 1.13. The normalized spacial score (nSPS) is 29.0. The average molecular weight is 255 g/mol. The van der Waals surface area contributed by atoms with Crippen molar-refractivity contribution in [3.63, 3.8) is 0 Å². The summed E-state index contributed by atoms with van der Waals surface area (Å²) in [7, 11) is 0. The Kier molecular flexibility index (Phi) is 4.58. The minimum Gasteiger partial charge on any atom is -0.481 e. The molecular formula is C13H21NO4. The van der Waals surface area contributed by atoms with E-state index in [4.69, 9.17) is 9.84 Å². The molecule has 0 aromatic heterocycles. The second-order valence-electron chi connectivity index (χ2n) is 5.30. The lowest BCUT2D eigenvalue weighted by Gasteiger charge is -2.35. The molecule has 0 radical (unpaired) electrons. The zero-order chi connectivity index (χ0) is 13.0. The molecule has 0 aromatic carbocycles. The van der Waals surface area contributed by atoms with Gasteiger partial charge in [-0.05, 0) is 31.6 Å². The molecule has 102 valence electrons. The van der Waals surface area contributed by atoms with Gasteiger partial charge in [0.15, 0.2) is 0 Å². The molecule has 2 unspecified atom stereocenters. The van der Waals surface area contributed by atoms with Crippen LogP contribution in [0.15, 0.2) is 0 Å². The fourth-order valence-electron chi connectivity index (χ4n) is 2.87. The first kappa shape index (κ1) is 13.3. The van der Waals surface area contributed by atoms with Crippen LogP contribution in [0, 0.1) is 11.8 Å². The van der Waals surface area contributed by atoms with Gasteiger partial charge in [0.2, 0.25) is 5.91 Å². The highest BCUT2D eigenvalue weighted by Crippen LogP contribution is 2.23. The Bertz CT molecular complexity index is 312. The molecule has 0 aliphatic carbocycles. The molecule has 1 N–H and O–H groups in total. The number of aliphatic carboxylic acids is 1. The summed E-state index contributed by atoms with van der Waals surface area (Å²) in [6.07, 6.45) is 3.85. The molecule has 2 aliphatic heterocycles. The van der Waals surface area contributed by atoms with Crippen LogP contribution in [0.4, 0.5) is 0 Å². The Morgan fingerprint density at radius 2 is 2.11 bits per heavy atom. The Morgan fingerprint density at radius 3 is 2.78 bits per heavy atom. The summed E-state index contributed by atoms with van der Waals surface area (Å²) in [6, 6.07) is 0. The fourth-order valence-corrected chi connectivity index (χ4v) is 2.87. The third kappa shape index (κ3) is 3.45. The van der Waals surface area contributed by atoms with Crippen LogP contribution in [0.1, 0.15) is 32.1 Å². The van der Waals surface area contributed by atoms with Crippen molar-refractivity contribution >= 4 is 11.9 Å². The number of ether oxygens (including phenoxy) is 1. The Morgan fingerprint density at radius 1 is 1.28 bits per heavy atom. The van der Waals surface area contributed by atoms with Gasteiger partial charge in [-0.25, -0.2) is 0 Å². The molecule has 5 nitrogen and oxygen atoms in total. The number of carbonyl (C=O) groups excluding carboxylic acids is 1. The van der Waals surface area contributed by atoms with Crippen LogP contribution in [0.2, 0.25) is 0 Å². The van der Waals surface area contributed by atoms with Crippen LogP contribution in [-0.2, 0) is 14.3 Å². The molecule has 0 saturated carbocycles. The number of carbonyl (C=O) groups is 2. The summed E-state index contributed by atoms with van der Waals surface area (Å²) in [5.41, 5.74) is 0. The first-order valence-corrected chi connectivity index (χ1v) is 6.75. The SMILES string of the molecule is O=C(O)CC1CCCN(C(=O)C2CCCOC2)C1. The van der Waals surface area contributed by atoms with Gasteiger partial charge in [-0.15, -0.1) is 0 Å². The van der Waals surface area contributed by atoms with Gasteiger partial charge in [-0.1, -0.05) is 0 Å². The topological polar surface area (TPSA) is 66.8 Å². The van der Waals surface area contributed by atoms with Crippen molar-refractivity contribution in [2.75, 3.05) is 26.3 Å². The van der Waals surface area contributed by atoms with E-state index in [0.29, 0.717) is 13.2 Å². The van der Waals surface area contributed by atoms with E-state index in [-0.39, 0.29) is 24.2 Å². The van der Waals surface area contributed by atoms with E-state index in [1.54, 1.807) is 0 Å². The molecule has 5 heteroatoms. The van der Waals surface area contributed by atoms with Gasteiger partial charge in [0.05, 0.1) is 12.5 Å². The number of nitrogens with zero attached hydrogens (tertiary/aromatic N) is 1. The van der Waals surface area contributed by atoms with Gasteiger partial charge in [-0.3, -0.25) is 9.59 Å². The van der Waals surface area contributed by atoms with E-state index in [2.05, 4.69) is 0 Å². The fraction of sp³-hybridized carbons (Fsp3) is 0.846. The lowest BCUT2D eigenvalue weighted by Crippen LogP contribution is -2.45. The van der Waals surface area contributed by atoms with Crippen molar-refractivity contribution in [1.82, 2.24) is 4.90 Å². The minimum absolute atomic E-state index is 0.0117. The molecule has 0 spiro atoms. The largest absolute Gasteiger partial charge is 0.481 e. The van der Waals surface area contributed by atoms with Crippen LogP contribution in [0.5, 0.6) is 0 Å². The first-order valence-electron chi connectivity index (χ1n) is 6.75. The van der Waals surface area contributed by atoms with Gasteiger partial charge in [-0.2, -0.15) is 0 Å². The van der Waals surface area contributed by atoms with Gasteiger partial charge >= 0.3 is 5.97 Å². The molecule has 0 aromatic rings. The van der Waals surface area contributed by atoms with Crippen molar-refractivity contribution in [2.45, 2.75) is 32.1 Å².